The lowest BCUT2D eigenvalue weighted by Gasteiger charge is -2.04. The molecule has 0 atom stereocenters. The lowest BCUT2D eigenvalue weighted by atomic mass is 10.2. The predicted molar refractivity (Wildman–Crippen MR) is 61.7 cm³/mol. The first-order valence-corrected chi connectivity index (χ1v) is 5.11. The number of rotatable bonds is 1. The molecule has 0 aliphatic rings. The summed E-state index contributed by atoms with van der Waals surface area (Å²) in [6.45, 7) is 1.41. The van der Waals surface area contributed by atoms with Crippen molar-refractivity contribution in [3.8, 4) is 0 Å². The Labute approximate surface area is 94.7 Å². The summed E-state index contributed by atoms with van der Waals surface area (Å²) in [5, 5.41) is 0.745. The average molecular weight is 266 g/mol. The van der Waals surface area contributed by atoms with E-state index in [1.165, 1.54) is 6.92 Å². The number of nitrogens with two attached hydrogens (primary N) is 1. The van der Waals surface area contributed by atoms with Crippen LogP contribution in [-0.4, -0.2) is 15.8 Å². The maximum Gasteiger partial charge on any atom is 0.198 e. The number of nitrogen functional groups attached to an aromatic ring is 1. The first-order valence-electron chi connectivity index (χ1n) is 4.32. The van der Waals surface area contributed by atoms with Crippen molar-refractivity contribution >= 4 is 38.4 Å². The van der Waals surface area contributed by atoms with Crippen LogP contribution in [0.1, 0.15) is 17.5 Å². The van der Waals surface area contributed by atoms with Gasteiger partial charge in [-0.3, -0.25) is 4.79 Å². The SMILES string of the molecule is CC(=O)c1nc(N)c2cccc(Br)c2n1. The first-order chi connectivity index (χ1) is 7.09. The van der Waals surface area contributed by atoms with Gasteiger partial charge in [0.15, 0.2) is 11.6 Å². The second-order valence-corrected chi connectivity index (χ2v) is 3.98. The third-order valence-corrected chi connectivity index (χ3v) is 2.66. The normalized spacial score (nSPS) is 10.5. The number of benzene rings is 1. The van der Waals surface area contributed by atoms with Crippen LogP contribution < -0.4 is 5.73 Å². The number of halogens is 1. The largest absolute Gasteiger partial charge is 0.383 e. The van der Waals surface area contributed by atoms with Crippen molar-refractivity contribution in [1.82, 2.24) is 9.97 Å². The standard InChI is InChI=1S/C10H8BrN3O/c1-5(15)10-13-8-6(9(12)14-10)3-2-4-7(8)11/h2-4H,1H3,(H2,12,13,14). The van der Waals surface area contributed by atoms with Gasteiger partial charge < -0.3 is 5.73 Å². The number of carbonyl (C=O) groups excluding carboxylic acids is 1. The summed E-state index contributed by atoms with van der Waals surface area (Å²) in [5.74, 6) is 0.276. The summed E-state index contributed by atoms with van der Waals surface area (Å²) in [4.78, 5) is 19.2. The Kier molecular flexibility index (Phi) is 2.40. The zero-order valence-electron chi connectivity index (χ0n) is 7.99. The Hall–Kier alpha value is -1.49. The number of nitrogens with zero attached hydrogens (tertiary/aromatic N) is 2. The summed E-state index contributed by atoms with van der Waals surface area (Å²) in [5.41, 5.74) is 6.40. The second kappa shape index (κ2) is 3.58. The fourth-order valence-electron chi connectivity index (χ4n) is 1.30. The molecule has 1 aromatic carbocycles. The summed E-state index contributed by atoms with van der Waals surface area (Å²) in [6.07, 6.45) is 0. The van der Waals surface area contributed by atoms with Crippen LogP contribution in [0.5, 0.6) is 0 Å². The van der Waals surface area contributed by atoms with E-state index in [1.54, 1.807) is 0 Å². The minimum Gasteiger partial charge on any atom is -0.383 e. The van der Waals surface area contributed by atoms with Crippen molar-refractivity contribution in [3.05, 3.63) is 28.5 Å². The molecule has 4 nitrogen and oxygen atoms in total. The monoisotopic (exact) mass is 265 g/mol. The van der Waals surface area contributed by atoms with Gasteiger partial charge in [0, 0.05) is 16.8 Å². The molecule has 0 radical (unpaired) electrons. The lowest BCUT2D eigenvalue weighted by Crippen LogP contribution is -2.05. The van der Waals surface area contributed by atoms with Crippen LogP contribution in [0.3, 0.4) is 0 Å². The molecule has 0 aliphatic carbocycles. The molecule has 1 heterocycles. The van der Waals surface area contributed by atoms with Gasteiger partial charge in [-0.1, -0.05) is 6.07 Å². The average Bonchev–Trinajstić information content (AvgIpc) is 2.19. The van der Waals surface area contributed by atoms with Gasteiger partial charge in [0.1, 0.15) is 5.82 Å². The predicted octanol–water partition coefficient (Wildman–Crippen LogP) is 2.18. The van der Waals surface area contributed by atoms with Crippen molar-refractivity contribution in [3.63, 3.8) is 0 Å². The fraction of sp³-hybridized carbons (Fsp3) is 0.100. The molecule has 2 aromatic rings. The van der Waals surface area contributed by atoms with E-state index >= 15 is 0 Å². The number of fused-ring (bicyclic) bond motifs is 1. The van der Waals surface area contributed by atoms with E-state index in [1.807, 2.05) is 18.2 Å². The number of aromatic nitrogens is 2. The van der Waals surface area contributed by atoms with E-state index in [0.717, 1.165) is 9.86 Å². The maximum absolute atomic E-state index is 11.2. The molecule has 5 heteroatoms. The Morgan fingerprint density at radius 3 is 2.80 bits per heavy atom. The molecule has 0 amide bonds. The minimum atomic E-state index is -0.195. The van der Waals surface area contributed by atoms with Crippen LogP contribution in [-0.2, 0) is 0 Å². The van der Waals surface area contributed by atoms with E-state index < -0.39 is 0 Å². The molecule has 0 aliphatic heterocycles. The summed E-state index contributed by atoms with van der Waals surface area (Å²) in [6, 6.07) is 5.51. The van der Waals surface area contributed by atoms with Crippen LogP contribution in [0.2, 0.25) is 0 Å². The van der Waals surface area contributed by atoms with E-state index in [0.29, 0.717) is 11.3 Å². The number of Topliss-reactive ketones (excluding diaryl/α,β-unsaturated/α-hetero) is 1. The molecule has 0 bridgehead atoms. The molecule has 0 spiro atoms. The highest BCUT2D eigenvalue weighted by Crippen LogP contribution is 2.25. The van der Waals surface area contributed by atoms with Crippen LogP contribution in [0.4, 0.5) is 5.82 Å². The highest BCUT2D eigenvalue weighted by atomic mass is 79.9. The van der Waals surface area contributed by atoms with E-state index in [2.05, 4.69) is 25.9 Å². The van der Waals surface area contributed by atoms with Gasteiger partial charge in [-0.25, -0.2) is 9.97 Å². The highest BCUT2D eigenvalue weighted by molar-refractivity contribution is 9.10. The molecule has 0 fully saturated rings. The van der Waals surface area contributed by atoms with Crippen LogP contribution in [0, 0.1) is 0 Å². The van der Waals surface area contributed by atoms with Gasteiger partial charge in [0.25, 0.3) is 0 Å². The minimum absolute atomic E-state index is 0.145. The van der Waals surface area contributed by atoms with Gasteiger partial charge in [-0.2, -0.15) is 0 Å². The molecule has 76 valence electrons. The molecule has 0 unspecified atom stereocenters. The molecule has 2 N–H and O–H groups in total. The van der Waals surface area contributed by atoms with Crippen LogP contribution in [0.25, 0.3) is 10.9 Å². The molecule has 15 heavy (non-hydrogen) atoms. The molecule has 0 saturated carbocycles. The Bertz CT molecular complexity index is 554. The molecule has 2 rings (SSSR count). The Balaban J connectivity index is 2.85. The molecular weight excluding hydrogens is 258 g/mol. The number of para-hydroxylation sites is 1. The number of carbonyl (C=O) groups is 1. The Morgan fingerprint density at radius 1 is 1.40 bits per heavy atom. The van der Waals surface area contributed by atoms with Crippen LogP contribution in [0.15, 0.2) is 22.7 Å². The number of anilines is 1. The Morgan fingerprint density at radius 2 is 2.13 bits per heavy atom. The quantitative estimate of drug-likeness (QED) is 0.803. The summed E-state index contributed by atoms with van der Waals surface area (Å²) < 4.78 is 0.802. The number of hydrogen-bond donors (Lipinski definition) is 1. The summed E-state index contributed by atoms with van der Waals surface area (Å²) in [7, 11) is 0. The van der Waals surface area contributed by atoms with Gasteiger partial charge >= 0.3 is 0 Å². The smallest absolute Gasteiger partial charge is 0.198 e. The second-order valence-electron chi connectivity index (χ2n) is 3.12. The van der Waals surface area contributed by atoms with Gasteiger partial charge in [0.05, 0.1) is 5.52 Å². The van der Waals surface area contributed by atoms with Crippen molar-refractivity contribution in [2.75, 3.05) is 5.73 Å². The summed E-state index contributed by atoms with van der Waals surface area (Å²) >= 11 is 3.36. The van der Waals surface area contributed by atoms with E-state index in [9.17, 15) is 4.79 Å². The van der Waals surface area contributed by atoms with Gasteiger partial charge in [-0.05, 0) is 28.1 Å². The lowest BCUT2D eigenvalue weighted by molar-refractivity contribution is 0.100. The third kappa shape index (κ3) is 1.70. The maximum atomic E-state index is 11.2. The zero-order valence-corrected chi connectivity index (χ0v) is 9.58. The number of ketones is 1. The molecule has 1 aromatic heterocycles. The highest BCUT2D eigenvalue weighted by Gasteiger charge is 2.10. The topological polar surface area (TPSA) is 68.9 Å². The first kappa shape index (κ1) is 10.0. The fourth-order valence-corrected chi connectivity index (χ4v) is 1.75. The van der Waals surface area contributed by atoms with Gasteiger partial charge in [0.2, 0.25) is 0 Å². The van der Waals surface area contributed by atoms with Crippen molar-refractivity contribution in [2.45, 2.75) is 6.92 Å². The number of hydrogen-bond acceptors (Lipinski definition) is 4. The molecular formula is C10H8BrN3O. The van der Waals surface area contributed by atoms with Crippen LogP contribution >= 0.6 is 15.9 Å². The van der Waals surface area contributed by atoms with E-state index in [-0.39, 0.29) is 11.6 Å². The van der Waals surface area contributed by atoms with Crippen molar-refractivity contribution in [1.29, 1.82) is 0 Å². The zero-order chi connectivity index (χ0) is 11.0. The van der Waals surface area contributed by atoms with Crippen molar-refractivity contribution in [2.24, 2.45) is 0 Å². The third-order valence-electron chi connectivity index (χ3n) is 2.02. The van der Waals surface area contributed by atoms with E-state index in [4.69, 9.17) is 5.73 Å². The van der Waals surface area contributed by atoms with Crippen molar-refractivity contribution < 1.29 is 4.79 Å². The van der Waals surface area contributed by atoms with Gasteiger partial charge in [-0.15, -0.1) is 0 Å². The molecule has 0 saturated heterocycles.